The second-order valence-corrected chi connectivity index (χ2v) is 8.74. The molecule has 3 heteroatoms. The van der Waals surface area contributed by atoms with Crippen LogP contribution >= 0.6 is 0 Å². The van der Waals surface area contributed by atoms with Crippen LogP contribution in [0.2, 0.25) is 0 Å². The molecule has 3 nitrogen and oxygen atoms in total. The minimum atomic E-state index is 0.391. The van der Waals surface area contributed by atoms with Crippen molar-refractivity contribution in [3.63, 3.8) is 0 Å². The minimum absolute atomic E-state index is 0.391. The molecule has 0 bridgehead atoms. The SMILES string of the molecule is c1ccc(C2CCc3ccccc3C2c2ccc(OCCN3CCNCC3)cc2)cc1. The van der Waals surface area contributed by atoms with Gasteiger partial charge in [0, 0.05) is 38.6 Å². The quantitative estimate of drug-likeness (QED) is 0.627. The Morgan fingerprint density at radius 2 is 1.55 bits per heavy atom. The van der Waals surface area contributed by atoms with Crippen molar-refractivity contribution >= 4 is 0 Å². The van der Waals surface area contributed by atoms with Crippen LogP contribution in [0.3, 0.4) is 0 Å². The Bertz CT molecular complexity index is 964. The van der Waals surface area contributed by atoms with Crippen LogP contribution in [-0.4, -0.2) is 44.2 Å². The topological polar surface area (TPSA) is 24.5 Å². The maximum Gasteiger partial charge on any atom is 0.119 e. The molecule has 160 valence electrons. The molecular weight excluding hydrogens is 380 g/mol. The number of fused-ring (bicyclic) bond motifs is 1. The van der Waals surface area contributed by atoms with Crippen LogP contribution in [-0.2, 0) is 6.42 Å². The number of rotatable bonds is 6. The minimum Gasteiger partial charge on any atom is -0.492 e. The third-order valence-corrected chi connectivity index (χ3v) is 6.87. The van der Waals surface area contributed by atoms with E-state index < -0.39 is 0 Å². The summed E-state index contributed by atoms with van der Waals surface area (Å²) in [6.07, 6.45) is 2.34. The van der Waals surface area contributed by atoms with Gasteiger partial charge in [-0.25, -0.2) is 0 Å². The highest BCUT2D eigenvalue weighted by Crippen LogP contribution is 2.46. The molecule has 5 rings (SSSR count). The van der Waals surface area contributed by atoms with Crippen molar-refractivity contribution in [1.29, 1.82) is 0 Å². The fraction of sp³-hybridized carbons (Fsp3) is 0.357. The first kappa shape index (κ1) is 20.3. The Kier molecular flexibility index (Phi) is 6.33. The average molecular weight is 413 g/mol. The van der Waals surface area contributed by atoms with E-state index in [1.54, 1.807) is 0 Å². The fourth-order valence-electron chi connectivity index (χ4n) is 5.23. The van der Waals surface area contributed by atoms with Crippen LogP contribution in [0.5, 0.6) is 5.75 Å². The summed E-state index contributed by atoms with van der Waals surface area (Å²) in [5.41, 5.74) is 5.81. The van der Waals surface area contributed by atoms with Crippen molar-refractivity contribution in [2.75, 3.05) is 39.3 Å². The molecule has 1 aliphatic heterocycles. The second kappa shape index (κ2) is 9.67. The van der Waals surface area contributed by atoms with Gasteiger partial charge in [-0.3, -0.25) is 4.90 Å². The zero-order valence-corrected chi connectivity index (χ0v) is 18.2. The number of nitrogens with zero attached hydrogens (tertiary/aromatic N) is 1. The number of nitrogens with one attached hydrogen (secondary N) is 1. The van der Waals surface area contributed by atoms with Crippen molar-refractivity contribution < 1.29 is 4.74 Å². The third-order valence-electron chi connectivity index (χ3n) is 6.87. The number of benzene rings is 3. The van der Waals surface area contributed by atoms with E-state index in [-0.39, 0.29) is 0 Å². The first-order chi connectivity index (χ1) is 15.4. The van der Waals surface area contributed by atoms with Crippen molar-refractivity contribution in [2.24, 2.45) is 0 Å². The van der Waals surface area contributed by atoms with Gasteiger partial charge in [-0.1, -0.05) is 66.7 Å². The van der Waals surface area contributed by atoms with Crippen LogP contribution in [0.15, 0.2) is 78.9 Å². The summed E-state index contributed by atoms with van der Waals surface area (Å²) in [5.74, 6) is 1.87. The van der Waals surface area contributed by atoms with Gasteiger partial charge in [-0.05, 0) is 53.1 Å². The molecule has 3 aromatic rings. The molecule has 1 heterocycles. The molecule has 0 amide bonds. The molecular formula is C28H32N2O. The van der Waals surface area contributed by atoms with Crippen LogP contribution in [0.4, 0.5) is 0 Å². The smallest absolute Gasteiger partial charge is 0.119 e. The van der Waals surface area contributed by atoms with Crippen LogP contribution < -0.4 is 10.1 Å². The summed E-state index contributed by atoms with van der Waals surface area (Å²) in [6.45, 7) is 6.14. The van der Waals surface area contributed by atoms with E-state index in [1.165, 1.54) is 28.7 Å². The lowest BCUT2D eigenvalue weighted by atomic mass is 9.69. The Hall–Kier alpha value is -2.62. The van der Waals surface area contributed by atoms with Crippen molar-refractivity contribution in [1.82, 2.24) is 10.2 Å². The van der Waals surface area contributed by atoms with E-state index in [4.69, 9.17) is 4.74 Å². The zero-order valence-electron chi connectivity index (χ0n) is 18.2. The number of piperazine rings is 1. The first-order valence-electron chi connectivity index (χ1n) is 11.7. The predicted octanol–water partition coefficient (Wildman–Crippen LogP) is 4.83. The van der Waals surface area contributed by atoms with Gasteiger partial charge < -0.3 is 10.1 Å². The molecule has 2 atom stereocenters. The normalized spacial score (nSPS) is 21.4. The van der Waals surface area contributed by atoms with E-state index in [0.717, 1.165) is 51.5 Å². The van der Waals surface area contributed by atoms with Crippen molar-refractivity contribution in [2.45, 2.75) is 24.7 Å². The van der Waals surface area contributed by atoms with Gasteiger partial charge in [0.15, 0.2) is 0 Å². The molecule has 0 spiro atoms. The van der Waals surface area contributed by atoms with Gasteiger partial charge >= 0.3 is 0 Å². The van der Waals surface area contributed by atoms with Crippen LogP contribution in [0.1, 0.15) is 40.5 Å². The molecule has 0 radical (unpaired) electrons. The Morgan fingerprint density at radius 3 is 2.35 bits per heavy atom. The zero-order chi connectivity index (χ0) is 20.9. The highest BCUT2D eigenvalue weighted by molar-refractivity contribution is 5.45. The summed E-state index contributed by atoms with van der Waals surface area (Å²) in [4.78, 5) is 2.47. The van der Waals surface area contributed by atoms with E-state index in [1.807, 2.05) is 0 Å². The Balaban J connectivity index is 1.34. The molecule has 31 heavy (non-hydrogen) atoms. The van der Waals surface area contributed by atoms with Gasteiger partial charge in [0.05, 0.1) is 0 Å². The van der Waals surface area contributed by atoms with Gasteiger partial charge in [-0.15, -0.1) is 0 Å². The molecule has 1 aliphatic carbocycles. The molecule has 2 aliphatic rings. The summed E-state index contributed by atoms with van der Waals surface area (Å²) >= 11 is 0. The molecule has 2 unspecified atom stereocenters. The molecule has 0 aromatic heterocycles. The number of hydrogen-bond acceptors (Lipinski definition) is 3. The van der Waals surface area contributed by atoms with E-state index in [0.29, 0.717) is 11.8 Å². The van der Waals surface area contributed by atoms with Crippen LogP contribution in [0, 0.1) is 0 Å². The molecule has 1 fully saturated rings. The maximum absolute atomic E-state index is 6.07. The Labute approximate surface area is 186 Å². The summed E-state index contributed by atoms with van der Waals surface area (Å²) in [6, 6.07) is 28.9. The van der Waals surface area contributed by atoms with Crippen molar-refractivity contribution in [3.8, 4) is 5.75 Å². The van der Waals surface area contributed by atoms with E-state index >= 15 is 0 Å². The molecule has 0 saturated carbocycles. The first-order valence-corrected chi connectivity index (χ1v) is 11.7. The summed E-state index contributed by atoms with van der Waals surface area (Å²) < 4.78 is 6.07. The van der Waals surface area contributed by atoms with Gasteiger partial charge in [0.1, 0.15) is 12.4 Å². The molecule has 3 aromatic carbocycles. The maximum atomic E-state index is 6.07. The van der Waals surface area contributed by atoms with E-state index in [9.17, 15) is 0 Å². The highest BCUT2D eigenvalue weighted by Gasteiger charge is 2.31. The average Bonchev–Trinajstić information content (AvgIpc) is 2.85. The summed E-state index contributed by atoms with van der Waals surface area (Å²) in [5, 5.41) is 3.40. The van der Waals surface area contributed by atoms with Gasteiger partial charge in [0.2, 0.25) is 0 Å². The number of aryl methyl sites for hydroxylation is 1. The summed E-state index contributed by atoms with van der Waals surface area (Å²) in [7, 11) is 0. The predicted molar refractivity (Wildman–Crippen MR) is 127 cm³/mol. The monoisotopic (exact) mass is 412 g/mol. The van der Waals surface area contributed by atoms with Gasteiger partial charge in [-0.2, -0.15) is 0 Å². The lowest BCUT2D eigenvalue weighted by Gasteiger charge is -2.34. The van der Waals surface area contributed by atoms with Gasteiger partial charge in [0.25, 0.3) is 0 Å². The second-order valence-electron chi connectivity index (χ2n) is 8.74. The standard InChI is InChI=1S/C28H32N2O/c1-2-6-22(7-3-1)27-15-12-23-8-4-5-9-26(23)28(27)24-10-13-25(14-11-24)31-21-20-30-18-16-29-17-19-30/h1-11,13-14,27-29H,12,15-21H2. The van der Waals surface area contributed by atoms with E-state index in [2.05, 4.69) is 89.1 Å². The van der Waals surface area contributed by atoms with Crippen LogP contribution in [0.25, 0.3) is 0 Å². The largest absolute Gasteiger partial charge is 0.492 e. The molecule has 1 N–H and O–H groups in total. The fourth-order valence-corrected chi connectivity index (χ4v) is 5.23. The highest BCUT2D eigenvalue weighted by atomic mass is 16.5. The third kappa shape index (κ3) is 4.68. The number of ether oxygens (including phenoxy) is 1. The molecule has 1 saturated heterocycles. The van der Waals surface area contributed by atoms with Crippen molar-refractivity contribution in [3.05, 3.63) is 101 Å². The lowest BCUT2D eigenvalue weighted by molar-refractivity contribution is 0.191. The number of hydrogen-bond donors (Lipinski definition) is 1. The lowest BCUT2D eigenvalue weighted by Crippen LogP contribution is -2.44. The Morgan fingerprint density at radius 1 is 0.806 bits per heavy atom.